The van der Waals surface area contributed by atoms with E-state index in [4.69, 9.17) is 0 Å². The van der Waals surface area contributed by atoms with E-state index < -0.39 is 8.07 Å². The summed E-state index contributed by atoms with van der Waals surface area (Å²) in [6.07, 6.45) is 0. The third-order valence-electron chi connectivity index (χ3n) is 2.56. The Hall–Kier alpha value is 0.868. The van der Waals surface area contributed by atoms with E-state index in [1.807, 2.05) is 0 Å². The van der Waals surface area contributed by atoms with Crippen LogP contribution in [0.3, 0.4) is 0 Å². The van der Waals surface area contributed by atoms with Gasteiger partial charge in [-0.1, -0.05) is 43.2 Å². The lowest BCUT2D eigenvalue weighted by Crippen LogP contribution is -2.34. The molecule has 0 aliphatic rings. The Balaban J connectivity index is 3.79. The summed E-state index contributed by atoms with van der Waals surface area (Å²) >= 11 is 0. The summed E-state index contributed by atoms with van der Waals surface area (Å²) in [4.78, 5) is 0. The largest absolute Gasteiger partial charge is 0.0750 e. The quantitative estimate of drug-likeness (QED) is 0.575. The van der Waals surface area contributed by atoms with Gasteiger partial charge in [-0.15, -0.1) is 0 Å². The van der Waals surface area contributed by atoms with Crippen LogP contribution in [0.4, 0.5) is 0 Å². The smallest absolute Gasteiger partial charge is 0.0410 e. The van der Waals surface area contributed by atoms with Gasteiger partial charge < -0.3 is 0 Å². The standard InChI is InChI=1S/C7H24Si4/c1-8-5-11(4,6-9-2)7-10-3/h5-10H2,1-4H3. The van der Waals surface area contributed by atoms with E-state index in [9.17, 15) is 0 Å². The second-order valence-corrected chi connectivity index (χ2v) is 16.7. The molecular weight excluding hydrogens is 196 g/mol. The summed E-state index contributed by atoms with van der Waals surface area (Å²) in [5.74, 6) is 0. The van der Waals surface area contributed by atoms with E-state index in [1.54, 1.807) is 17.0 Å². The Kier molecular flexibility index (Phi) is 6.89. The molecule has 0 rings (SSSR count). The Bertz CT molecular complexity index is 77.4. The van der Waals surface area contributed by atoms with Crippen LogP contribution in [0.15, 0.2) is 0 Å². The molecule has 0 aliphatic heterocycles. The molecule has 0 radical (unpaired) electrons. The highest BCUT2D eigenvalue weighted by molar-refractivity contribution is 6.94. The van der Waals surface area contributed by atoms with Crippen molar-refractivity contribution in [2.45, 2.75) is 43.2 Å². The molecular formula is C7H24Si4. The van der Waals surface area contributed by atoms with Gasteiger partial charge in [0.25, 0.3) is 0 Å². The molecule has 68 valence electrons. The third kappa shape index (κ3) is 5.16. The SMILES string of the molecule is C[SiH2]C[Si](C)(C[SiH2]C)C[SiH2]C. The zero-order valence-electron chi connectivity index (χ0n) is 8.74. The van der Waals surface area contributed by atoms with Crippen molar-refractivity contribution < 1.29 is 0 Å². The molecule has 0 bridgehead atoms. The summed E-state index contributed by atoms with van der Waals surface area (Å²) in [7, 11) is 0.562. The summed E-state index contributed by atoms with van der Waals surface area (Å²) in [5, 5.41) is 0. The first-order valence-corrected chi connectivity index (χ1v) is 15.5. The lowest BCUT2D eigenvalue weighted by molar-refractivity contribution is 1.52. The molecule has 0 heterocycles. The average Bonchev–Trinajstić information content (AvgIpc) is 1.88. The second kappa shape index (κ2) is 6.39. The van der Waals surface area contributed by atoms with Crippen molar-refractivity contribution in [1.82, 2.24) is 0 Å². The number of rotatable bonds is 6. The fourth-order valence-electron chi connectivity index (χ4n) is 2.19. The van der Waals surface area contributed by atoms with E-state index in [1.165, 1.54) is 0 Å². The molecule has 0 unspecified atom stereocenters. The van der Waals surface area contributed by atoms with Gasteiger partial charge in [0.2, 0.25) is 0 Å². The average molecular weight is 221 g/mol. The third-order valence-corrected chi connectivity index (χ3v) is 23.0. The van der Waals surface area contributed by atoms with E-state index in [2.05, 4.69) is 26.2 Å². The fraction of sp³-hybridized carbons (Fsp3) is 1.00. The van der Waals surface area contributed by atoms with E-state index in [0.29, 0.717) is 28.6 Å². The minimum absolute atomic E-state index is 0.375. The maximum atomic E-state index is 2.69. The molecule has 0 atom stereocenters. The van der Waals surface area contributed by atoms with Gasteiger partial charge in [-0.3, -0.25) is 0 Å². The lowest BCUT2D eigenvalue weighted by atomic mass is 11.7. The first kappa shape index (κ1) is 11.9. The van der Waals surface area contributed by atoms with Crippen LogP contribution in [0.5, 0.6) is 0 Å². The van der Waals surface area contributed by atoms with Crippen LogP contribution >= 0.6 is 0 Å². The van der Waals surface area contributed by atoms with Gasteiger partial charge in [-0.25, -0.2) is 0 Å². The summed E-state index contributed by atoms with van der Waals surface area (Å²) in [6, 6.07) is 0. The predicted molar refractivity (Wildman–Crippen MR) is 69.3 cm³/mol. The topological polar surface area (TPSA) is 0 Å². The second-order valence-electron chi connectivity index (χ2n) is 4.06. The van der Waals surface area contributed by atoms with Gasteiger partial charge in [0.15, 0.2) is 0 Å². The van der Waals surface area contributed by atoms with Crippen LogP contribution in [0.2, 0.25) is 43.2 Å². The van der Waals surface area contributed by atoms with Crippen LogP contribution in [-0.2, 0) is 0 Å². The first-order chi connectivity index (χ1) is 5.18. The van der Waals surface area contributed by atoms with Gasteiger partial charge in [0.1, 0.15) is 0 Å². The minimum atomic E-state index is -0.564. The molecule has 0 amide bonds. The van der Waals surface area contributed by atoms with Crippen molar-refractivity contribution in [3.05, 3.63) is 0 Å². The maximum absolute atomic E-state index is 2.69. The van der Waals surface area contributed by atoms with Crippen LogP contribution in [0.25, 0.3) is 0 Å². The van der Waals surface area contributed by atoms with Crippen molar-refractivity contribution >= 4 is 36.6 Å². The predicted octanol–water partition coefficient (Wildman–Crippen LogP) is 0.588. The molecule has 0 fully saturated rings. The van der Waals surface area contributed by atoms with Crippen molar-refractivity contribution in [1.29, 1.82) is 0 Å². The monoisotopic (exact) mass is 220 g/mol. The van der Waals surface area contributed by atoms with E-state index in [0.717, 1.165) is 0 Å². The van der Waals surface area contributed by atoms with Gasteiger partial charge in [0, 0.05) is 36.6 Å². The molecule has 0 aromatic rings. The van der Waals surface area contributed by atoms with Crippen molar-refractivity contribution in [2.24, 2.45) is 0 Å². The van der Waals surface area contributed by atoms with E-state index >= 15 is 0 Å². The molecule has 4 heteroatoms. The van der Waals surface area contributed by atoms with Gasteiger partial charge >= 0.3 is 0 Å². The van der Waals surface area contributed by atoms with Crippen LogP contribution in [-0.4, -0.2) is 36.6 Å². The highest BCUT2D eigenvalue weighted by Crippen LogP contribution is 2.18. The van der Waals surface area contributed by atoms with Crippen molar-refractivity contribution in [2.75, 3.05) is 0 Å². The summed E-state index contributed by atoms with van der Waals surface area (Å²) in [6.45, 7) is 10.2. The fourth-order valence-corrected chi connectivity index (χ4v) is 26.4. The molecule has 0 nitrogen and oxygen atoms in total. The first-order valence-electron chi connectivity index (χ1n) is 5.18. The van der Waals surface area contributed by atoms with Crippen LogP contribution in [0.1, 0.15) is 0 Å². The van der Waals surface area contributed by atoms with Crippen LogP contribution in [0, 0.1) is 0 Å². The minimum Gasteiger partial charge on any atom is -0.0750 e. The van der Waals surface area contributed by atoms with Crippen molar-refractivity contribution in [3.63, 3.8) is 0 Å². The van der Waals surface area contributed by atoms with Gasteiger partial charge in [-0.2, -0.15) is 0 Å². The molecule has 0 spiro atoms. The maximum Gasteiger partial charge on any atom is 0.0410 e. The molecule has 0 aromatic carbocycles. The highest BCUT2D eigenvalue weighted by atomic mass is 28.4. The van der Waals surface area contributed by atoms with Crippen molar-refractivity contribution in [3.8, 4) is 0 Å². The highest BCUT2D eigenvalue weighted by Gasteiger charge is 2.22. The molecule has 0 aromatic heterocycles. The lowest BCUT2D eigenvalue weighted by Gasteiger charge is -2.25. The Morgan fingerprint density at radius 3 is 1.27 bits per heavy atom. The molecule has 0 N–H and O–H groups in total. The van der Waals surface area contributed by atoms with Gasteiger partial charge in [0.05, 0.1) is 0 Å². The summed E-state index contributed by atoms with van der Waals surface area (Å²) < 4.78 is 0. The molecule has 0 aliphatic carbocycles. The van der Waals surface area contributed by atoms with Crippen LogP contribution < -0.4 is 0 Å². The Morgan fingerprint density at radius 1 is 0.818 bits per heavy atom. The molecule has 0 saturated carbocycles. The summed E-state index contributed by atoms with van der Waals surface area (Å²) in [5.41, 5.74) is 5.28. The zero-order chi connectivity index (χ0) is 8.74. The van der Waals surface area contributed by atoms with E-state index in [-0.39, 0.29) is 0 Å². The molecule has 0 saturated heterocycles. The Morgan fingerprint density at radius 2 is 1.09 bits per heavy atom. The zero-order valence-corrected chi connectivity index (χ0v) is 14.0. The number of hydrogen-bond acceptors (Lipinski definition) is 0. The normalized spacial score (nSPS) is 19.6. The van der Waals surface area contributed by atoms with Gasteiger partial charge in [-0.05, 0) is 0 Å². The molecule has 11 heavy (non-hydrogen) atoms. The Labute approximate surface area is 80.0 Å². The number of hydrogen-bond donors (Lipinski definition) is 0.